The molecule has 1 atom stereocenters. The third-order valence-electron chi connectivity index (χ3n) is 2.83. The number of allylic oxidation sites excluding steroid dienone is 4. The first-order chi connectivity index (χ1) is 11.1. The molecule has 132 valence electrons. The lowest BCUT2D eigenvalue weighted by molar-refractivity contribution is -0.144. The molecule has 0 spiro atoms. The minimum atomic E-state index is -0.592. The Morgan fingerprint density at radius 3 is 2.58 bits per heavy atom. The van der Waals surface area contributed by atoms with Crippen molar-refractivity contribution in [1.82, 2.24) is 10.6 Å². The Morgan fingerprint density at radius 2 is 2.00 bits per heavy atom. The average Bonchev–Trinajstić information content (AvgIpc) is 2.45. The highest BCUT2D eigenvalue weighted by atomic mass is 16.6. The summed E-state index contributed by atoms with van der Waals surface area (Å²) in [7, 11) is 0. The Morgan fingerprint density at radius 1 is 1.33 bits per heavy atom. The lowest BCUT2D eigenvalue weighted by atomic mass is 10.0. The molecule has 24 heavy (non-hydrogen) atoms. The number of esters is 1. The van der Waals surface area contributed by atoms with Gasteiger partial charge in [-0.3, -0.25) is 5.32 Å². The summed E-state index contributed by atoms with van der Waals surface area (Å²) in [6.07, 6.45) is 5.76. The zero-order chi connectivity index (χ0) is 18.3. The molecule has 0 radical (unpaired) electrons. The van der Waals surface area contributed by atoms with Gasteiger partial charge in [-0.15, -0.1) is 0 Å². The lowest BCUT2D eigenvalue weighted by Crippen LogP contribution is -2.33. The van der Waals surface area contributed by atoms with Gasteiger partial charge >= 0.3 is 12.1 Å². The number of nitrogens with one attached hydrogen (secondary N) is 3. The normalized spacial score (nSPS) is 17.1. The van der Waals surface area contributed by atoms with E-state index in [0.717, 1.165) is 0 Å². The molecule has 0 heterocycles. The second kappa shape index (κ2) is 8.33. The summed E-state index contributed by atoms with van der Waals surface area (Å²) < 4.78 is 10.1. The van der Waals surface area contributed by atoms with Gasteiger partial charge in [0.25, 0.3) is 0 Å². The maximum Gasteiger partial charge on any atom is 0.412 e. The quantitative estimate of drug-likeness (QED) is 0.670. The lowest BCUT2D eigenvalue weighted by Gasteiger charge is -2.20. The molecule has 0 saturated carbocycles. The van der Waals surface area contributed by atoms with Crippen molar-refractivity contribution in [3.63, 3.8) is 0 Å². The van der Waals surface area contributed by atoms with Gasteiger partial charge in [-0.1, -0.05) is 0 Å². The number of ether oxygens (including phenoxy) is 2. The van der Waals surface area contributed by atoms with Gasteiger partial charge in [0, 0.05) is 17.5 Å². The maximum absolute atomic E-state index is 11.8. The highest BCUT2D eigenvalue weighted by molar-refractivity contribution is 6.09. The van der Waals surface area contributed by atoms with Crippen LogP contribution in [-0.4, -0.2) is 36.0 Å². The Balaban J connectivity index is 2.74. The van der Waals surface area contributed by atoms with E-state index in [1.807, 2.05) is 0 Å². The number of rotatable bonds is 5. The topological polar surface area (TPSA) is 101 Å². The molecule has 7 nitrogen and oxygen atoms in total. The van der Waals surface area contributed by atoms with E-state index >= 15 is 0 Å². The van der Waals surface area contributed by atoms with E-state index in [-0.39, 0.29) is 11.7 Å². The van der Waals surface area contributed by atoms with E-state index in [9.17, 15) is 9.59 Å². The first-order valence-corrected chi connectivity index (χ1v) is 7.74. The molecule has 0 fully saturated rings. The van der Waals surface area contributed by atoms with Gasteiger partial charge in [0.15, 0.2) is 0 Å². The molecule has 0 bridgehead atoms. The fraction of sp³-hybridized carbons (Fsp3) is 0.471. The van der Waals surface area contributed by atoms with Crippen LogP contribution in [0.15, 0.2) is 35.7 Å². The Bertz CT molecular complexity index is 597. The zero-order valence-corrected chi connectivity index (χ0v) is 14.7. The van der Waals surface area contributed by atoms with Crippen LogP contribution in [0.2, 0.25) is 0 Å². The van der Waals surface area contributed by atoms with Crippen LogP contribution < -0.4 is 10.6 Å². The van der Waals surface area contributed by atoms with Crippen molar-refractivity contribution in [3.05, 3.63) is 35.7 Å². The molecule has 1 unspecified atom stereocenters. The molecule has 1 aliphatic rings. The van der Waals surface area contributed by atoms with Crippen LogP contribution in [0.25, 0.3) is 0 Å². The van der Waals surface area contributed by atoms with Crippen LogP contribution in [0.3, 0.4) is 0 Å². The van der Waals surface area contributed by atoms with Crippen molar-refractivity contribution in [2.24, 2.45) is 0 Å². The van der Waals surface area contributed by atoms with Crippen LogP contribution in [0.4, 0.5) is 4.79 Å². The molecule has 1 rings (SSSR count). The van der Waals surface area contributed by atoms with E-state index in [1.165, 1.54) is 0 Å². The van der Waals surface area contributed by atoms with Crippen molar-refractivity contribution >= 4 is 17.8 Å². The van der Waals surface area contributed by atoms with Crippen LogP contribution >= 0.6 is 0 Å². The fourth-order valence-corrected chi connectivity index (χ4v) is 1.73. The molecule has 0 aromatic carbocycles. The second-order valence-electron chi connectivity index (χ2n) is 6.21. The highest BCUT2D eigenvalue weighted by Gasteiger charge is 2.18. The van der Waals surface area contributed by atoms with E-state index < -0.39 is 17.7 Å². The summed E-state index contributed by atoms with van der Waals surface area (Å²) in [5.41, 5.74) is 0.690. The fourth-order valence-electron chi connectivity index (χ4n) is 1.73. The smallest absolute Gasteiger partial charge is 0.412 e. The first-order valence-electron chi connectivity index (χ1n) is 7.74. The predicted molar refractivity (Wildman–Crippen MR) is 91.6 cm³/mol. The van der Waals surface area contributed by atoms with Gasteiger partial charge in [0.1, 0.15) is 11.6 Å². The Kier molecular flexibility index (Phi) is 6.76. The molecule has 0 aromatic heterocycles. The zero-order valence-electron chi connectivity index (χ0n) is 14.7. The summed E-state index contributed by atoms with van der Waals surface area (Å²) in [5, 5.41) is 13.4. The maximum atomic E-state index is 11.8. The molecule has 7 heteroatoms. The van der Waals surface area contributed by atoms with Crippen molar-refractivity contribution in [2.45, 2.75) is 46.3 Å². The SMILES string of the molecule is CCOC(=O)C(C)N/C=C1/C=C(NC(=O)OC(C)(C)C)C=CC1=N. The second-order valence-corrected chi connectivity index (χ2v) is 6.21. The van der Waals surface area contributed by atoms with Gasteiger partial charge in [-0.25, -0.2) is 9.59 Å². The largest absolute Gasteiger partial charge is 0.464 e. The van der Waals surface area contributed by atoms with E-state index in [2.05, 4.69) is 10.6 Å². The van der Waals surface area contributed by atoms with Gasteiger partial charge in [-0.05, 0) is 52.8 Å². The molecular formula is C17H25N3O4. The van der Waals surface area contributed by atoms with Gasteiger partial charge in [-0.2, -0.15) is 0 Å². The Labute approximate surface area is 142 Å². The van der Waals surface area contributed by atoms with E-state index in [1.54, 1.807) is 59.0 Å². The monoisotopic (exact) mass is 335 g/mol. The summed E-state index contributed by atoms with van der Waals surface area (Å²) in [4.78, 5) is 23.4. The third-order valence-corrected chi connectivity index (χ3v) is 2.83. The molecule has 0 saturated heterocycles. The van der Waals surface area contributed by atoms with Crippen molar-refractivity contribution < 1.29 is 19.1 Å². The average molecular weight is 335 g/mol. The van der Waals surface area contributed by atoms with Gasteiger partial charge in [0.2, 0.25) is 0 Å². The van der Waals surface area contributed by atoms with Crippen LogP contribution in [0, 0.1) is 5.41 Å². The van der Waals surface area contributed by atoms with Gasteiger partial charge in [0.05, 0.1) is 12.3 Å². The van der Waals surface area contributed by atoms with Crippen molar-refractivity contribution in [3.8, 4) is 0 Å². The van der Waals surface area contributed by atoms with E-state index in [4.69, 9.17) is 14.9 Å². The molecule has 3 N–H and O–H groups in total. The van der Waals surface area contributed by atoms with Gasteiger partial charge < -0.3 is 20.2 Å². The Hall–Kier alpha value is -2.57. The molecule has 0 aromatic rings. The highest BCUT2D eigenvalue weighted by Crippen LogP contribution is 2.13. The van der Waals surface area contributed by atoms with Crippen molar-refractivity contribution in [1.29, 1.82) is 5.41 Å². The summed E-state index contributed by atoms with van der Waals surface area (Å²) in [6, 6.07) is -0.535. The minimum absolute atomic E-state index is 0.258. The van der Waals surface area contributed by atoms with Crippen LogP contribution in [-0.2, 0) is 14.3 Å². The number of alkyl carbamates (subject to hydrolysis) is 1. The summed E-state index contributed by atoms with van der Waals surface area (Å²) in [6.45, 7) is 9.05. The molecular weight excluding hydrogens is 310 g/mol. The minimum Gasteiger partial charge on any atom is -0.464 e. The number of hydrogen-bond acceptors (Lipinski definition) is 6. The van der Waals surface area contributed by atoms with Crippen LogP contribution in [0.1, 0.15) is 34.6 Å². The molecule has 1 amide bonds. The summed E-state index contributed by atoms with van der Waals surface area (Å²) >= 11 is 0. The number of hydrogen-bond donors (Lipinski definition) is 3. The number of carbonyl (C=O) groups excluding carboxylic acids is 2. The third kappa shape index (κ3) is 6.68. The predicted octanol–water partition coefficient (Wildman–Crippen LogP) is 2.41. The molecule has 1 aliphatic carbocycles. The number of amides is 1. The molecule has 0 aliphatic heterocycles. The van der Waals surface area contributed by atoms with Crippen molar-refractivity contribution in [2.75, 3.05) is 6.61 Å². The van der Waals surface area contributed by atoms with E-state index in [0.29, 0.717) is 17.9 Å². The standard InChI is InChI=1S/C17H25N3O4/c1-6-23-15(21)11(2)19-10-12-9-13(7-8-14(12)18)20-16(22)24-17(3,4)5/h7-11,18-19H,6H2,1-5H3,(H,20,22)/b12-10-,18-14?. The number of carbonyl (C=O) groups is 2. The summed E-state index contributed by atoms with van der Waals surface area (Å²) in [5.74, 6) is -0.372. The first kappa shape index (κ1) is 19.5. The van der Waals surface area contributed by atoms with Crippen LogP contribution in [0.5, 0.6) is 0 Å².